The third kappa shape index (κ3) is 4.00. The molecule has 0 amide bonds. The van der Waals surface area contributed by atoms with Crippen LogP contribution in [0.25, 0.3) is 39.3 Å². The van der Waals surface area contributed by atoms with Gasteiger partial charge in [0.1, 0.15) is 0 Å². The number of hydrogen-bond donors (Lipinski definition) is 0. The van der Waals surface area contributed by atoms with Crippen molar-refractivity contribution >= 4 is 34.7 Å². The highest BCUT2D eigenvalue weighted by molar-refractivity contribution is 6.32. The number of aromatic nitrogens is 5. The third-order valence-corrected chi connectivity index (χ3v) is 4.96. The molecule has 1 aromatic carbocycles. The summed E-state index contributed by atoms with van der Waals surface area (Å²) in [5.41, 5.74) is 5.20. The first kappa shape index (κ1) is 18.8. The number of imidazole rings is 1. The molecule has 0 N–H and O–H groups in total. The zero-order chi connectivity index (χ0) is 20.2. The highest BCUT2D eigenvalue weighted by atomic mass is 35.5. The van der Waals surface area contributed by atoms with Crippen LogP contribution in [-0.2, 0) is 13.5 Å². The zero-order valence-corrected chi connectivity index (χ0v) is 16.5. The Morgan fingerprint density at radius 3 is 2.86 bits per heavy atom. The van der Waals surface area contributed by atoms with Crippen LogP contribution in [0.15, 0.2) is 49.1 Å². The lowest BCUT2D eigenvalue weighted by Crippen LogP contribution is -1.96. The van der Waals surface area contributed by atoms with Gasteiger partial charge in [0.05, 0.1) is 35.1 Å². The second-order valence-corrected chi connectivity index (χ2v) is 6.97. The lowest BCUT2D eigenvalue weighted by Gasteiger charge is -2.10. The van der Waals surface area contributed by atoms with Crippen LogP contribution in [0.2, 0.25) is 5.02 Å². The molecule has 0 atom stereocenters. The van der Waals surface area contributed by atoms with E-state index in [2.05, 4.69) is 20.0 Å². The normalized spacial score (nSPS) is 11.2. The van der Waals surface area contributed by atoms with Gasteiger partial charge in [-0.05, 0) is 47.5 Å². The van der Waals surface area contributed by atoms with Gasteiger partial charge in [-0.1, -0.05) is 17.7 Å². The molecular formula is C22H17ClN6. The number of fused-ring (bicyclic) bond motifs is 1. The fourth-order valence-electron chi connectivity index (χ4n) is 3.14. The number of halogens is 1. The van der Waals surface area contributed by atoms with Gasteiger partial charge in [-0.25, -0.2) is 16.5 Å². The molecule has 0 spiro atoms. The molecule has 7 heteroatoms. The maximum absolute atomic E-state index is 7.05. The SMILES string of the molecule is [C-]#[N+]CCc1cc2c(/C=C/c3cccnn3)cc(-c3cncn3C)nc2cc1Cl. The summed E-state index contributed by atoms with van der Waals surface area (Å²) in [7, 11) is 1.93. The Morgan fingerprint density at radius 2 is 2.14 bits per heavy atom. The van der Waals surface area contributed by atoms with Gasteiger partial charge in [0, 0.05) is 30.1 Å². The van der Waals surface area contributed by atoms with E-state index in [1.54, 1.807) is 18.7 Å². The summed E-state index contributed by atoms with van der Waals surface area (Å²) in [5, 5.41) is 9.63. The van der Waals surface area contributed by atoms with Gasteiger partial charge in [-0.2, -0.15) is 10.2 Å². The number of pyridine rings is 1. The fourth-order valence-corrected chi connectivity index (χ4v) is 3.39. The predicted molar refractivity (Wildman–Crippen MR) is 115 cm³/mol. The van der Waals surface area contributed by atoms with Crippen LogP contribution in [0.1, 0.15) is 16.8 Å². The van der Waals surface area contributed by atoms with Gasteiger partial charge in [-0.3, -0.25) is 0 Å². The standard InChI is InChI=1S/C22H17ClN6/c1-24-9-7-16-10-18-15(5-6-17-4-3-8-26-28-17)11-21(22-13-25-14-29(22)2)27-20(18)12-19(16)23/h3-6,8,10-14H,7,9H2,2H3/b6-5+. The van der Waals surface area contributed by atoms with E-state index in [-0.39, 0.29) is 0 Å². The number of rotatable bonds is 5. The first-order chi connectivity index (χ1) is 14.2. The lowest BCUT2D eigenvalue weighted by atomic mass is 10.0. The minimum absolute atomic E-state index is 0.399. The topological polar surface area (TPSA) is 60.9 Å². The summed E-state index contributed by atoms with van der Waals surface area (Å²) < 4.78 is 1.93. The highest BCUT2D eigenvalue weighted by Gasteiger charge is 2.12. The maximum Gasteiger partial charge on any atom is 0.218 e. The molecule has 0 saturated carbocycles. The van der Waals surface area contributed by atoms with Gasteiger partial charge in [0.2, 0.25) is 6.54 Å². The van der Waals surface area contributed by atoms with Crippen LogP contribution in [-0.4, -0.2) is 31.3 Å². The molecule has 4 rings (SSSR count). The van der Waals surface area contributed by atoms with Crippen molar-refractivity contribution in [2.24, 2.45) is 7.05 Å². The molecule has 3 aromatic heterocycles. The molecule has 0 bridgehead atoms. The van der Waals surface area contributed by atoms with Gasteiger partial charge in [0.15, 0.2) is 0 Å². The molecule has 3 heterocycles. The summed E-state index contributed by atoms with van der Waals surface area (Å²) >= 11 is 6.48. The molecular weight excluding hydrogens is 384 g/mol. The van der Waals surface area contributed by atoms with Gasteiger partial charge >= 0.3 is 0 Å². The fraction of sp³-hybridized carbons (Fsp3) is 0.136. The van der Waals surface area contributed by atoms with Crippen molar-refractivity contribution < 1.29 is 0 Å². The molecule has 0 aliphatic carbocycles. The van der Waals surface area contributed by atoms with Crippen LogP contribution >= 0.6 is 11.6 Å². The van der Waals surface area contributed by atoms with E-state index >= 15 is 0 Å². The zero-order valence-electron chi connectivity index (χ0n) is 15.7. The quantitative estimate of drug-likeness (QED) is 0.455. The Bertz CT molecular complexity index is 1240. The predicted octanol–water partition coefficient (Wildman–Crippen LogP) is 4.71. The van der Waals surface area contributed by atoms with E-state index in [0.717, 1.165) is 39.1 Å². The first-order valence-corrected chi connectivity index (χ1v) is 9.42. The van der Waals surface area contributed by atoms with E-state index in [0.29, 0.717) is 18.0 Å². The van der Waals surface area contributed by atoms with E-state index in [1.165, 1.54) is 0 Å². The Labute approximate surface area is 173 Å². The Morgan fingerprint density at radius 1 is 1.24 bits per heavy atom. The summed E-state index contributed by atoms with van der Waals surface area (Å²) in [6.45, 7) is 7.45. The van der Waals surface area contributed by atoms with Gasteiger partial charge in [0.25, 0.3) is 0 Å². The summed E-state index contributed by atoms with van der Waals surface area (Å²) in [4.78, 5) is 12.5. The van der Waals surface area contributed by atoms with E-state index in [1.807, 2.05) is 54.1 Å². The second-order valence-electron chi connectivity index (χ2n) is 6.56. The number of benzene rings is 1. The van der Waals surface area contributed by atoms with Crippen molar-refractivity contribution in [2.75, 3.05) is 6.54 Å². The van der Waals surface area contributed by atoms with Crippen molar-refractivity contribution in [3.8, 4) is 11.4 Å². The van der Waals surface area contributed by atoms with E-state index in [9.17, 15) is 0 Å². The summed E-state index contributed by atoms with van der Waals surface area (Å²) in [6, 6.07) is 9.67. The van der Waals surface area contributed by atoms with Crippen molar-refractivity contribution in [3.05, 3.63) is 82.3 Å². The number of hydrogen-bond acceptors (Lipinski definition) is 4. The van der Waals surface area contributed by atoms with Crippen LogP contribution in [0, 0.1) is 6.57 Å². The molecule has 0 aliphatic heterocycles. The van der Waals surface area contributed by atoms with E-state index < -0.39 is 0 Å². The van der Waals surface area contributed by atoms with Crippen LogP contribution in [0.3, 0.4) is 0 Å². The third-order valence-electron chi connectivity index (χ3n) is 4.61. The Kier molecular flexibility index (Phi) is 5.32. The largest absolute Gasteiger partial charge is 0.332 e. The van der Waals surface area contributed by atoms with Gasteiger partial charge in [-0.15, -0.1) is 0 Å². The van der Waals surface area contributed by atoms with Crippen LogP contribution in [0.5, 0.6) is 0 Å². The molecule has 0 aliphatic rings. The van der Waals surface area contributed by atoms with Crippen LogP contribution in [0.4, 0.5) is 0 Å². The molecule has 142 valence electrons. The minimum Gasteiger partial charge on any atom is -0.332 e. The van der Waals surface area contributed by atoms with Crippen LogP contribution < -0.4 is 0 Å². The van der Waals surface area contributed by atoms with Crippen molar-refractivity contribution in [1.82, 2.24) is 24.7 Å². The first-order valence-electron chi connectivity index (χ1n) is 9.04. The molecule has 0 radical (unpaired) electrons. The molecule has 0 saturated heterocycles. The molecule has 6 nitrogen and oxygen atoms in total. The maximum atomic E-state index is 7.05. The van der Waals surface area contributed by atoms with Crippen molar-refractivity contribution in [3.63, 3.8) is 0 Å². The lowest BCUT2D eigenvalue weighted by molar-refractivity contribution is 0.917. The minimum atomic E-state index is 0.399. The monoisotopic (exact) mass is 400 g/mol. The molecule has 29 heavy (non-hydrogen) atoms. The average molecular weight is 401 g/mol. The van der Waals surface area contributed by atoms with Gasteiger partial charge < -0.3 is 9.41 Å². The summed E-state index contributed by atoms with van der Waals surface area (Å²) in [6.07, 6.45) is 9.70. The van der Waals surface area contributed by atoms with Crippen molar-refractivity contribution in [2.45, 2.75) is 6.42 Å². The number of aryl methyl sites for hydroxylation is 1. The van der Waals surface area contributed by atoms with Crippen molar-refractivity contribution in [1.29, 1.82) is 0 Å². The molecule has 0 fully saturated rings. The Balaban J connectivity index is 1.89. The smallest absolute Gasteiger partial charge is 0.218 e. The summed E-state index contributed by atoms with van der Waals surface area (Å²) in [5.74, 6) is 0. The Hall–Kier alpha value is -3.56. The molecule has 4 aromatic rings. The number of nitrogens with zero attached hydrogens (tertiary/aromatic N) is 6. The van der Waals surface area contributed by atoms with E-state index in [4.69, 9.17) is 23.2 Å². The average Bonchev–Trinajstić information content (AvgIpc) is 3.17. The second kappa shape index (κ2) is 8.21. The highest BCUT2D eigenvalue weighted by Crippen LogP contribution is 2.30. The molecule has 0 unspecified atom stereocenters.